The van der Waals surface area contributed by atoms with Crippen LogP contribution in [0.25, 0.3) is 0 Å². The number of H-pyrrole nitrogens is 1. The van der Waals surface area contributed by atoms with Gasteiger partial charge < -0.3 is 9.47 Å². The summed E-state index contributed by atoms with van der Waals surface area (Å²) in [6.45, 7) is 3.89. The summed E-state index contributed by atoms with van der Waals surface area (Å²) in [6.07, 6.45) is 2.66. The monoisotopic (exact) mass is 302 g/mol. The number of ether oxygens (including phenoxy) is 2. The number of aromatic nitrogens is 2. The van der Waals surface area contributed by atoms with Gasteiger partial charge in [0.15, 0.2) is 0 Å². The second-order valence-electron chi connectivity index (χ2n) is 4.91. The summed E-state index contributed by atoms with van der Waals surface area (Å²) >= 11 is 0. The quantitative estimate of drug-likeness (QED) is 0.724. The van der Waals surface area contributed by atoms with E-state index in [2.05, 4.69) is 19.8 Å². The van der Waals surface area contributed by atoms with Gasteiger partial charge in [-0.25, -0.2) is 13.1 Å². The molecule has 1 aromatic rings. The molecular formula is C11H18N4O4S. The number of hydrogen-bond donors (Lipinski definition) is 2. The van der Waals surface area contributed by atoms with Gasteiger partial charge in [-0.05, 0) is 0 Å². The fourth-order valence-electron chi connectivity index (χ4n) is 2.58. The summed E-state index contributed by atoms with van der Waals surface area (Å²) in [5, 5.41) is 6.18. The zero-order valence-corrected chi connectivity index (χ0v) is 11.8. The van der Waals surface area contributed by atoms with Gasteiger partial charge in [0.2, 0.25) is 10.0 Å². The largest absolute Gasteiger partial charge is 0.379 e. The Morgan fingerprint density at radius 3 is 2.80 bits per heavy atom. The Hall–Kier alpha value is -1.00. The van der Waals surface area contributed by atoms with Gasteiger partial charge in [-0.3, -0.25) is 10.00 Å². The molecule has 9 heteroatoms. The molecule has 2 fully saturated rings. The molecule has 0 amide bonds. The maximum Gasteiger partial charge on any atom is 0.244 e. The molecule has 0 saturated carbocycles. The van der Waals surface area contributed by atoms with E-state index >= 15 is 0 Å². The number of morpholine rings is 1. The SMILES string of the molecule is O=S(=O)(N[C@H]1COC[C@@H]1N1CCOCC1)c1cn[nH]c1. The molecule has 3 rings (SSSR count). The van der Waals surface area contributed by atoms with Crippen molar-refractivity contribution >= 4 is 10.0 Å². The van der Waals surface area contributed by atoms with Gasteiger partial charge >= 0.3 is 0 Å². The Kier molecular flexibility index (Phi) is 4.03. The Labute approximate surface area is 117 Å². The van der Waals surface area contributed by atoms with E-state index in [9.17, 15) is 8.42 Å². The minimum absolute atomic E-state index is 0.0561. The predicted molar refractivity (Wildman–Crippen MR) is 69.7 cm³/mol. The number of aromatic amines is 1. The fraction of sp³-hybridized carbons (Fsp3) is 0.727. The Morgan fingerprint density at radius 1 is 1.30 bits per heavy atom. The summed E-state index contributed by atoms with van der Waals surface area (Å²) < 4.78 is 37.9. The molecule has 0 aromatic carbocycles. The molecule has 2 aliphatic rings. The number of nitrogens with zero attached hydrogens (tertiary/aromatic N) is 2. The third kappa shape index (κ3) is 2.86. The zero-order chi connectivity index (χ0) is 14.0. The Bertz CT molecular complexity index is 527. The highest BCUT2D eigenvalue weighted by Crippen LogP contribution is 2.17. The van der Waals surface area contributed by atoms with E-state index in [1.165, 1.54) is 12.4 Å². The van der Waals surface area contributed by atoms with Gasteiger partial charge in [-0.1, -0.05) is 0 Å². The van der Waals surface area contributed by atoms with Crippen molar-refractivity contribution in [1.29, 1.82) is 0 Å². The molecule has 0 bridgehead atoms. The molecule has 0 aliphatic carbocycles. The van der Waals surface area contributed by atoms with Gasteiger partial charge in [-0.15, -0.1) is 0 Å². The molecule has 1 aromatic heterocycles. The minimum Gasteiger partial charge on any atom is -0.379 e. The van der Waals surface area contributed by atoms with Crippen LogP contribution in [-0.2, 0) is 19.5 Å². The van der Waals surface area contributed by atoms with Gasteiger partial charge in [0, 0.05) is 19.3 Å². The van der Waals surface area contributed by atoms with Crippen molar-refractivity contribution in [2.75, 3.05) is 39.5 Å². The van der Waals surface area contributed by atoms with E-state index in [-0.39, 0.29) is 17.0 Å². The molecule has 0 spiro atoms. The first-order chi connectivity index (χ1) is 9.67. The molecule has 8 nitrogen and oxygen atoms in total. The Morgan fingerprint density at radius 2 is 2.10 bits per heavy atom. The van der Waals surface area contributed by atoms with Crippen molar-refractivity contribution in [3.05, 3.63) is 12.4 Å². The summed E-state index contributed by atoms with van der Waals surface area (Å²) in [5.41, 5.74) is 0. The highest BCUT2D eigenvalue weighted by molar-refractivity contribution is 7.89. The lowest BCUT2D eigenvalue weighted by Gasteiger charge is -2.34. The van der Waals surface area contributed by atoms with E-state index in [0.29, 0.717) is 26.4 Å². The number of rotatable bonds is 4. The molecule has 2 saturated heterocycles. The molecule has 20 heavy (non-hydrogen) atoms. The van der Waals surface area contributed by atoms with E-state index < -0.39 is 10.0 Å². The van der Waals surface area contributed by atoms with Crippen LogP contribution in [0.3, 0.4) is 0 Å². The second kappa shape index (κ2) is 5.78. The normalized spacial score (nSPS) is 28.8. The van der Waals surface area contributed by atoms with E-state index in [1.807, 2.05) is 0 Å². The number of hydrogen-bond acceptors (Lipinski definition) is 6. The van der Waals surface area contributed by atoms with Crippen LogP contribution in [0.2, 0.25) is 0 Å². The summed E-state index contributed by atoms with van der Waals surface area (Å²) in [7, 11) is -3.55. The maximum absolute atomic E-state index is 12.2. The van der Waals surface area contributed by atoms with E-state index in [4.69, 9.17) is 9.47 Å². The van der Waals surface area contributed by atoms with Gasteiger partial charge in [0.1, 0.15) is 4.90 Å². The molecule has 0 radical (unpaired) electrons. The van der Waals surface area contributed by atoms with Crippen LogP contribution in [-0.4, -0.2) is 75.1 Å². The first kappa shape index (κ1) is 14.0. The van der Waals surface area contributed by atoms with Crippen LogP contribution < -0.4 is 4.72 Å². The molecule has 3 heterocycles. The van der Waals surface area contributed by atoms with Crippen LogP contribution in [0.1, 0.15) is 0 Å². The second-order valence-corrected chi connectivity index (χ2v) is 6.63. The summed E-state index contributed by atoms with van der Waals surface area (Å²) in [4.78, 5) is 2.36. The number of sulfonamides is 1. The summed E-state index contributed by atoms with van der Waals surface area (Å²) in [5.74, 6) is 0. The third-order valence-electron chi connectivity index (χ3n) is 3.66. The van der Waals surface area contributed by atoms with Crippen LogP contribution in [0.15, 0.2) is 17.3 Å². The van der Waals surface area contributed by atoms with E-state index in [1.54, 1.807) is 0 Å². The molecular weight excluding hydrogens is 284 g/mol. The van der Waals surface area contributed by atoms with Gasteiger partial charge in [0.25, 0.3) is 0 Å². The number of nitrogens with one attached hydrogen (secondary N) is 2. The predicted octanol–water partition coefficient (Wildman–Crippen LogP) is -1.21. The van der Waals surface area contributed by atoms with Crippen molar-refractivity contribution in [2.24, 2.45) is 0 Å². The molecule has 2 atom stereocenters. The molecule has 2 aliphatic heterocycles. The lowest BCUT2D eigenvalue weighted by Crippen LogP contribution is -2.54. The first-order valence-corrected chi connectivity index (χ1v) is 8.06. The molecule has 0 unspecified atom stereocenters. The topological polar surface area (TPSA) is 96.6 Å². The summed E-state index contributed by atoms with van der Waals surface area (Å²) in [6, 6.07) is -0.187. The van der Waals surface area contributed by atoms with Crippen molar-refractivity contribution in [1.82, 2.24) is 19.8 Å². The van der Waals surface area contributed by atoms with Crippen LogP contribution in [0.5, 0.6) is 0 Å². The molecule has 112 valence electrons. The van der Waals surface area contributed by atoms with Gasteiger partial charge in [-0.2, -0.15) is 5.10 Å². The zero-order valence-electron chi connectivity index (χ0n) is 11.0. The lowest BCUT2D eigenvalue weighted by atomic mass is 10.1. The standard InChI is InChI=1S/C11H18N4O4S/c16-20(17,9-5-12-13-6-9)14-10-7-19-8-11(10)15-1-3-18-4-2-15/h5-6,10-11,14H,1-4,7-8H2,(H,12,13)/t10-,11-/m0/s1. The highest BCUT2D eigenvalue weighted by atomic mass is 32.2. The van der Waals surface area contributed by atoms with Crippen molar-refractivity contribution in [3.63, 3.8) is 0 Å². The average molecular weight is 302 g/mol. The average Bonchev–Trinajstić information content (AvgIpc) is 3.10. The van der Waals surface area contributed by atoms with Crippen molar-refractivity contribution in [3.8, 4) is 0 Å². The highest BCUT2D eigenvalue weighted by Gasteiger charge is 2.36. The molecule has 2 N–H and O–H groups in total. The third-order valence-corrected chi connectivity index (χ3v) is 5.11. The first-order valence-electron chi connectivity index (χ1n) is 6.57. The lowest BCUT2D eigenvalue weighted by molar-refractivity contribution is 0.0117. The van der Waals surface area contributed by atoms with Crippen LogP contribution in [0, 0.1) is 0 Å². The van der Waals surface area contributed by atoms with Crippen LogP contribution in [0.4, 0.5) is 0 Å². The maximum atomic E-state index is 12.2. The van der Waals surface area contributed by atoms with Crippen molar-refractivity contribution in [2.45, 2.75) is 17.0 Å². The van der Waals surface area contributed by atoms with Crippen molar-refractivity contribution < 1.29 is 17.9 Å². The smallest absolute Gasteiger partial charge is 0.244 e. The van der Waals surface area contributed by atoms with E-state index in [0.717, 1.165) is 13.1 Å². The Balaban J connectivity index is 1.69. The fourth-order valence-corrected chi connectivity index (χ4v) is 3.74. The van der Waals surface area contributed by atoms with Gasteiger partial charge in [0.05, 0.1) is 44.7 Å². The minimum atomic E-state index is -3.55. The van der Waals surface area contributed by atoms with Crippen LogP contribution >= 0.6 is 0 Å².